The lowest BCUT2D eigenvalue weighted by atomic mass is 9.84. The van der Waals surface area contributed by atoms with E-state index in [4.69, 9.17) is 4.74 Å². The highest BCUT2D eigenvalue weighted by atomic mass is 16.5. The van der Waals surface area contributed by atoms with E-state index < -0.39 is 23.6 Å². The zero-order valence-corrected chi connectivity index (χ0v) is 11.3. The van der Waals surface area contributed by atoms with Crippen LogP contribution in [0.5, 0.6) is 0 Å². The molecule has 0 aliphatic carbocycles. The summed E-state index contributed by atoms with van der Waals surface area (Å²) in [6, 6.07) is 6.56. The van der Waals surface area contributed by atoms with Gasteiger partial charge in [-0.05, 0) is 19.9 Å². The summed E-state index contributed by atoms with van der Waals surface area (Å²) in [5, 5.41) is 5.94. The van der Waals surface area contributed by atoms with Gasteiger partial charge in [-0.2, -0.15) is 0 Å². The maximum absolute atomic E-state index is 12.5. The van der Waals surface area contributed by atoms with E-state index in [9.17, 15) is 9.59 Å². The maximum Gasteiger partial charge on any atom is 0.341 e. The molecule has 6 heteroatoms. The Morgan fingerprint density at radius 2 is 2.20 bits per heavy atom. The van der Waals surface area contributed by atoms with E-state index in [1.54, 1.807) is 13.8 Å². The lowest BCUT2D eigenvalue weighted by Crippen LogP contribution is -2.61. The largest absolute Gasteiger partial charge is 0.464 e. The molecule has 0 radical (unpaired) electrons. The van der Waals surface area contributed by atoms with E-state index in [-0.39, 0.29) is 6.61 Å². The number of nitrogens with zero attached hydrogens (tertiary/aromatic N) is 1. The monoisotopic (exact) mass is 273 g/mol. The molecule has 104 valence electrons. The van der Waals surface area contributed by atoms with Gasteiger partial charge in [0.2, 0.25) is 0 Å². The Bertz CT molecular complexity index is 626. The van der Waals surface area contributed by atoms with Crippen LogP contribution < -0.4 is 10.6 Å². The van der Waals surface area contributed by atoms with E-state index >= 15 is 0 Å². The molecule has 2 heterocycles. The molecule has 2 unspecified atom stereocenters. The molecule has 2 amide bonds. The highest BCUT2D eigenvalue weighted by molar-refractivity contribution is 6.19. The molecular weight excluding hydrogens is 258 g/mol. The van der Waals surface area contributed by atoms with Gasteiger partial charge in [-0.3, -0.25) is 0 Å². The molecule has 0 bridgehead atoms. The number of nitrogens with one attached hydrogen (secondary N) is 2. The first kappa shape index (κ1) is 12.7. The quantitative estimate of drug-likeness (QED) is 0.803. The number of benzene rings is 1. The number of fused-ring (bicyclic) bond motifs is 3. The number of aliphatic imine (C=N–C) groups is 1. The fourth-order valence-corrected chi connectivity index (χ4v) is 2.82. The number of rotatable bonds is 2. The molecular formula is C14H15N3O3. The third-order valence-corrected chi connectivity index (χ3v) is 3.74. The average molecular weight is 273 g/mol. The molecule has 0 saturated heterocycles. The second-order valence-corrected chi connectivity index (χ2v) is 4.82. The lowest BCUT2D eigenvalue weighted by molar-refractivity contribution is -0.146. The van der Waals surface area contributed by atoms with Crippen LogP contribution in [0.2, 0.25) is 0 Å². The molecule has 2 atom stereocenters. The molecule has 1 aromatic carbocycles. The van der Waals surface area contributed by atoms with Crippen LogP contribution in [0.15, 0.2) is 29.3 Å². The zero-order chi connectivity index (χ0) is 14.3. The number of ether oxygens (including phenoxy) is 1. The van der Waals surface area contributed by atoms with Gasteiger partial charge in [0.1, 0.15) is 0 Å². The molecule has 2 aliphatic rings. The van der Waals surface area contributed by atoms with Crippen molar-refractivity contribution in [1.29, 1.82) is 0 Å². The number of para-hydroxylation sites is 1. The van der Waals surface area contributed by atoms with Gasteiger partial charge in [0.05, 0.1) is 18.4 Å². The molecule has 3 rings (SSSR count). The van der Waals surface area contributed by atoms with Crippen molar-refractivity contribution in [2.75, 3.05) is 11.9 Å². The van der Waals surface area contributed by atoms with Crippen molar-refractivity contribution in [3.63, 3.8) is 0 Å². The summed E-state index contributed by atoms with van der Waals surface area (Å²) in [7, 11) is 0. The fourth-order valence-electron chi connectivity index (χ4n) is 2.82. The van der Waals surface area contributed by atoms with Crippen LogP contribution in [0.3, 0.4) is 0 Å². The first-order chi connectivity index (χ1) is 9.59. The Morgan fingerprint density at radius 1 is 1.45 bits per heavy atom. The first-order valence-electron chi connectivity index (χ1n) is 6.50. The van der Waals surface area contributed by atoms with Crippen molar-refractivity contribution in [3.8, 4) is 0 Å². The zero-order valence-electron chi connectivity index (χ0n) is 11.3. The number of anilines is 1. The van der Waals surface area contributed by atoms with Crippen molar-refractivity contribution in [2.45, 2.75) is 25.4 Å². The third kappa shape index (κ3) is 1.54. The predicted molar refractivity (Wildman–Crippen MR) is 73.8 cm³/mol. The first-order valence-corrected chi connectivity index (χ1v) is 6.50. The predicted octanol–water partition coefficient (Wildman–Crippen LogP) is 1.64. The molecule has 2 N–H and O–H groups in total. The summed E-state index contributed by atoms with van der Waals surface area (Å²) in [6.45, 7) is 3.69. The number of hydrogen-bond donors (Lipinski definition) is 2. The van der Waals surface area contributed by atoms with Crippen molar-refractivity contribution < 1.29 is 14.3 Å². The molecule has 2 aliphatic heterocycles. The van der Waals surface area contributed by atoms with Gasteiger partial charge >= 0.3 is 12.0 Å². The number of urea groups is 1. The summed E-state index contributed by atoms with van der Waals surface area (Å²) >= 11 is 0. The van der Waals surface area contributed by atoms with Gasteiger partial charge in [0, 0.05) is 11.3 Å². The number of amides is 2. The Morgan fingerprint density at radius 3 is 2.95 bits per heavy atom. The van der Waals surface area contributed by atoms with Crippen LogP contribution in [0.4, 0.5) is 10.5 Å². The molecule has 20 heavy (non-hydrogen) atoms. The molecule has 0 saturated carbocycles. The molecule has 6 nitrogen and oxygen atoms in total. The van der Waals surface area contributed by atoms with Gasteiger partial charge in [0.25, 0.3) is 0 Å². The number of carbonyl (C=O) groups is 2. The van der Waals surface area contributed by atoms with E-state index in [0.717, 1.165) is 11.3 Å². The minimum absolute atomic E-state index is 0.270. The average Bonchev–Trinajstić information content (AvgIpc) is 2.75. The van der Waals surface area contributed by atoms with Crippen LogP contribution in [0.1, 0.15) is 25.5 Å². The second-order valence-electron chi connectivity index (χ2n) is 4.82. The minimum atomic E-state index is -1.15. The summed E-state index contributed by atoms with van der Waals surface area (Å²) < 4.78 is 5.19. The van der Waals surface area contributed by atoms with E-state index in [1.165, 1.54) is 0 Å². The van der Waals surface area contributed by atoms with Gasteiger partial charge in [-0.15, -0.1) is 0 Å². The standard InChI is InChI=1S/C14H15N3O3/c1-3-20-12(18)14-8(2)15-13(19)16-11(14)9-6-4-5-7-10(9)17-14/h4-7,11,17H,3H2,1-2H3,(H,16,19). The van der Waals surface area contributed by atoms with Gasteiger partial charge < -0.3 is 15.4 Å². The van der Waals surface area contributed by atoms with Crippen molar-refractivity contribution >= 4 is 23.4 Å². The number of hydrogen-bond acceptors (Lipinski definition) is 4. The third-order valence-electron chi connectivity index (χ3n) is 3.74. The molecule has 0 aromatic heterocycles. The van der Waals surface area contributed by atoms with Crippen LogP contribution in [-0.4, -0.2) is 29.9 Å². The number of esters is 1. The van der Waals surface area contributed by atoms with Gasteiger partial charge in [-0.25, -0.2) is 14.6 Å². The Labute approximate surface area is 116 Å². The molecule has 0 fully saturated rings. The Balaban J connectivity index is 2.16. The van der Waals surface area contributed by atoms with Crippen LogP contribution in [0.25, 0.3) is 0 Å². The molecule has 0 spiro atoms. The van der Waals surface area contributed by atoms with E-state index in [1.807, 2.05) is 24.3 Å². The maximum atomic E-state index is 12.5. The lowest BCUT2D eigenvalue weighted by Gasteiger charge is -2.36. The van der Waals surface area contributed by atoms with E-state index in [0.29, 0.717) is 5.71 Å². The fraction of sp³-hybridized carbons (Fsp3) is 0.357. The normalized spacial score (nSPS) is 26.8. The summed E-state index contributed by atoms with van der Waals surface area (Å²) in [4.78, 5) is 28.0. The Hall–Kier alpha value is -2.37. The number of carbonyl (C=O) groups excluding carboxylic acids is 2. The molecule has 1 aromatic rings. The summed E-state index contributed by atoms with van der Waals surface area (Å²) in [5.41, 5.74) is 0.944. The smallest absolute Gasteiger partial charge is 0.341 e. The highest BCUT2D eigenvalue weighted by Gasteiger charge is 2.57. The van der Waals surface area contributed by atoms with Gasteiger partial charge in [-0.1, -0.05) is 18.2 Å². The topological polar surface area (TPSA) is 79.8 Å². The van der Waals surface area contributed by atoms with Gasteiger partial charge in [0.15, 0.2) is 5.54 Å². The van der Waals surface area contributed by atoms with Crippen molar-refractivity contribution in [2.24, 2.45) is 4.99 Å². The van der Waals surface area contributed by atoms with Crippen molar-refractivity contribution in [3.05, 3.63) is 29.8 Å². The minimum Gasteiger partial charge on any atom is -0.464 e. The summed E-state index contributed by atoms with van der Waals surface area (Å²) in [6.07, 6.45) is 0. The SMILES string of the molecule is CCOC(=O)C12Nc3ccccc3C1NC(=O)N=C2C. The summed E-state index contributed by atoms with van der Waals surface area (Å²) in [5.74, 6) is -0.428. The van der Waals surface area contributed by atoms with Crippen LogP contribution in [-0.2, 0) is 9.53 Å². The van der Waals surface area contributed by atoms with Crippen LogP contribution in [0, 0.1) is 0 Å². The van der Waals surface area contributed by atoms with Crippen LogP contribution >= 0.6 is 0 Å². The highest BCUT2D eigenvalue weighted by Crippen LogP contribution is 2.44. The Kier molecular flexibility index (Phi) is 2.74. The van der Waals surface area contributed by atoms with Crippen molar-refractivity contribution in [1.82, 2.24) is 5.32 Å². The second kappa shape index (κ2) is 4.33. The van der Waals surface area contributed by atoms with E-state index in [2.05, 4.69) is 15.6 Å².